The van der Waals surface area contributed by atoms with E-state index >= 15 is 0 Å². The summed E-state index contributed by atoms with van der Waals surface area (Å²) in [5.74, 6) is 0. The van der Waals surface area contributed by atoms with Gasteiger partial charge >= 0.3 is 31.7 Å². The van der Waals surface area contributed by atoms with E-state index in [0.717, 1.165) is 0 Å². The van der Waals surface area contributed by atoms with Crippen LogP contribution in [0.2, 0.25) is 0 Å². The van der Waals surface area contributed by atoms with E-state index in [1.54, 1.807) is 0 Å². The Balaban J connectivity index is 5.72. The molecule has 0 aliphatic carbocycles. The fraction of sp³-hybridized carbons (Fsp3) is 1.00. The van der Waals surface area contributed by atoms with Gasteiger partial charge in [-0.1, -0.05) is 0 Å². The van der Waals surface area contributed by atoms with E-state index in [1.807, 2.05) is 0 Å². The highest BCUT2D eigenvalue weighted by molar-refractivity contribution is 7.76. The van der Waals surface area contributed by atoms with Crippen molar-refractivity contribution in [1.82, 2.24) is 0 Å². The fourth-order valence-corrected chi connectivity index (χ4v) is 6.69. The first-order valence-electron chi connectivity index (χ1n) is 4.33. The van der Waals surface area contributed by atoms with E-state index in [2.05, 4.69) is 8.62 Å². The van der Waals surface area contributed by atoms with E-state index in [1.165, 1.54) is 0 Å². The average molecular weight is 363 g/mol. The van der Waals surface area contributed by atoms with Crippen molar-refractivity contribution in [2.24, 2.45) is 5.73 Å². The fourth-order valence-electron chi connectivity index (χ4n) is 0.994. The third kappa shape index (κ3) is 4.82. The summed E-state index contributed by atoms with van der Waals surface area (Å²) in [4.78, 5) is 35.4. The van der Waals surface area contributed by atoms with Crippen molar-refractivity contribution in [2.45, 2.75) is 11.5 Å². The van der Waals surface area contributed by atoms with Crippen LogP contribution in [0.4, 0.5) is 0 Å². The summed E-state index contributed by atoms with van der Waals surface area (Å²) >= 11 is 0. The van der Waals surface area contributed by atoms with Crippen LogP contribution in [0.5, 0.6) is 0 Å². The Labute approximate surface area is 108 Å². The number of hydrogen-bond acceptors (Lipinski definition) is 8. The van der Waals surface area contributed by atoms with Gasteiger partial charge in [0, 0.05) is 6.42 Å². The van der Waals surface area contributed by atoms with E-state index in [9.17, 15) is 33.2 Å². The Morgan fingerprint density at radius 2 is 1.37 bits per heavy atom. The molecule has 4 atom stereocenters. The first kappa shape index (κ1) is 19.6. The molecule has 0 aliphatic heterocycles. The number of hydrogen-bond donors (Lipinski definition) is 6. The molecule has 0 saturated carbocycles. The molecule has 0 aliphatic rings. The summed E-state index contributed by atoms with van der Waals surface area (Å²) < 4.78 is 51.2. The second-order valence-corrected chi connectivity index (χ2v) is 9.51. The molecule has 0 rings (SSSR count). The molecule has 12 nitrogen and oxygen atoms in total. The van der Waals surface area contributed by atoms with Gasteiger partial charge in [-0.15, -0.1) is 0 Å². The molecule has 0 radical (unpaired) electrons. The summed E-state index contributed by atoms with van der Waals surface area (Å²) in [7, 11) is -19.3. The standard InChI is InChI=1S/C3H13NO11P4/c4-2-1-3(5,18(10,11)14-16(6)7)19(12,13)15-17(8)9/h5,16-17H,1-2,4H2,(H,6,7)(H,8,9)(H,10,11)(H,12,13). The molecule has 0 heterocycles. The van der Waals surface area contributed by atoms with Crippen molar-refractivity contribution in [3.05, 3.63) is 0 Å². The van der Waals surface area contributed by atoms with Gasteiger partial charge in [0.1, 0.15) is 0 Å². The minimum Gasteiger partial charge on any atom is -0.367 e. The summed E-state index contributed by atoms with van der Waals surface area (Å²) in [6.07, 6.45) is -1.07. The Morgan fingerprint density at radius 3 is 1.58 bits per heavy atom. The van der Waals surface area contributed by atoms with Gasteiger partial charge < -0.3 is 30.4 Å². The highest BCUT2D eigenvalue weighted by atomic mass is 31.3. The summed E-state index contributed by atoms with van der Waals surface area (Å²) in [5, 5.41) is 6.13. The van der Waals surface area contributed by atoms with E-state index < -0.39 is 49.8 Å². The minimum atomic E-state index is -5.58. The van der Waals surface area contributed by atoms with Crippen molar-refractivity contribution in [3.8, 4) is 0 Å². The highest BCUT2D eigenvalue weighted by Gasteiger charge is 2.63. The zero-order chi connectivity index (χ0) is 15.5. The molecule has 0 aromatic carbocycles. The highest BCUT2D eigenvalue weighted by Crippen LogP contribution is 2.76. The molecule has 16 heteroatoms. The van der Waals surface area contributed by atoms with Crippen LogP contribution in [0.3, 0.4) is 0 Å². The summed E-state index contributed by atoms with van der Waals surface area (Å²) in [5.41, 5.74) is 4.97. The predicted octanol–water partition coefficient (Wildman–Crippen LogP) is -0.851. The lowest BCUT2D eigenvalue weighted by molar-refractivity contribution is 0.128. The molecule has 116 valence electrons. The maximum absolute atomic E-state index is 11.6. The molecule has 4 unspecified atom stereocenters. The van der Waals surface area contributed by atoms with E-state index in [0.29, 0.717) is 0 Å². The molecule has 0 spiro atoms. The van der Waals surface area contributed by atoms with Crippen molar-refractivity contribution in [1.29, 1.82) is 0 Å². The van der Waals surface area contributed by atoms with Crippen molar-refractivity contribution in [3.63, 3.8) is 0 Å². The first-order valence-corrected chi connectivity index (χ1v) is 10.0. The summed E-state index contributed by atoms with van der Waals surface area (Å²) in [6, 6.07) is 0. The predicted molar refractivity (Wildman–Crippen MR) is 62.9 cm³/mol. The van der Waals surface area contributed by atoms with Crippen LogP contribution in [0.1, 0.15) is 6.42 Å². The van der Waals surface area contributed by atoms with Crippen LogP contribution in [0, 0.1) is 0 Å². The molecule has 0 bridgehead atoms. The maximum atomic E-state index is 11.6. The van der Waals surface area contributed by atoms with Crippen LogP contribution in [0.25, 0.3) is 0 Å². The molecule has 0 amide bonds. The van der Waals surface area contributed by atoms with Crippen molar-refractivity contribution < 1.29 is 51.6 Å². The van der Waals surface area contributed by atoms with Gasteiger partial charge in [-0.25, -0.2) is 8.62 Å². The molecular weight excluding hydrogens is 350 g/mol. The van der Waals surface area contributed by atoms with Gasteiger partial charge in [-0.05, 0) is 6.54 Å². The van der Waals surface area contributed by atoms with Crippen molar-refractivity contribution >= 4 is 31.7 Å². The Bertz CT molecular complexity index is 425. The second kappa shape index (κ2) is 7.04. The molecule has 0 saturated heterocycles. The number of nitrogens with two attached hydrogens (primary N) is 1. The SMILES string of the molecule is NCCC(O)(P(=O)(O)O[PH](=O)O)P(=O)(O)O[PH](=O)O. The first-order chi connectivity index (χ1) is 8.39. The average Bonchev–Trinajstić information content (AvgIpc) is 2.12. The van der Waals surface area contributed by atoms with Crippen LogP contribution >= 0.6 is 31.7 Å². The lowest BCUT2D eigenvalue weighted by Crippen LogP contribution is -2.32. The lowest BCUT2D eigenvalue weighted by atomic mass is 10.5. The van der Waals surface area contributed by atoms with Crippen LogP contribution in [-0.4, -0.2) is 36.3 Å². The molecule has 0 aromatic rings. The molecular formula is C3H13NO11P4. The third-order valence-electron chi connectivity index (χ3n) is 1.79. The smallest absolute Gasteiger partial charge is 0.367 e. The van der Waals surface area contributed by atoms with Gasteiger partial charge in [0.2, 0.25) is 0 Å². The number of rotatable bonds is 8. The molecule has 0 fully saturated rings. The Kier molecular flexibility index (Phi) is 7.27. The molecule has 19 heavy (non-hydrogen) atoms. The summed E-state index contributed by atoms with van der Waals surface area (Å²) in [6.45, 7) is -0.628. The topological polar surface area (TPSA) is 214 Å². The monoisotopic (exact) mass is 363 g/mol. The normalized spacial score (nSPS) is 24.7. The Hall–Kier alpha value is 0.600. The van der Waals surface area contributed by atoms with E-state index in [4.69, 9.17) is 15.5 Å². The maximum Gasteiger partial charge on any atom is 0.379 e. The zero-order valence-corrected chi connectivity index (χ0v) is 12.9. The second-order valence-electron chi connectivity index (χ2n) is 3.07. The number of aliphatic hydroxyl groups is 1. The minimum absolute atomic E-state index is 0.628. The zero-order valence-electron chi connectivity index (χ0n) is 9.07. The molecule has 7 N–H and O–H groups in total. The quantitative estimate of drug-likeness (QED) is 0.291. The van der Waals surface area contributed by atoms with Gasteiger partial charge in [0.05, 0.1) is 0 Å². The molecule has 0 aromatic heterocycles. The lowest BCUT2D eigenvalue weighted by Gasteiger charge is -2.32. The van der Waals surface area contributed by atoms with Gasteiger partial charge in [-0.3, -0.25) is 18.3 Å². The van der Waals surface area contributed by atoms with Crippen LogP contribution in [-0.2, 0) is 26.9 Å². The van der Waals surface area contributed by atoms with Crippen LogP contribution in [0.15, 0.2) is 0 Å². The Morgan fingerprint density at radius 1 is 1.05 bits per heavy atom. The largest absolute Gasteiger partial charge is 0.379 e. The van der Waals surface area contributed by atoms with Gasteiger partial charge in [0.25, 0.3) is 5.08 Å². The van der Waals surface area contributed by atoms with Crippen LogP contribution < -0.4 is 5.73 Å². The van der Waals surface area contributed by atoms with Crippen molar-refractivity contribution in [2.75, 3.05) is 6.54 Å². The van der Waals surface area contributed by atoms with Gasteiger partial charge in [-0.2, -0.15) is 0 Å². The van der Waals surface area contributed by atoms with Gasteiger partial charge in [0.15, 0.2) is 0 Å². The third-order valence-corrected chi connectivity index (χ3v) is 8.79. The van der Waals surface area contributed by atoms with E-state index in [-0.39, 0.29) is 0 Å².